The molecule has 1 rings (SSSR count). The predicted molar refractivity (Wildman–Crippen MR) is 73.9 cm³/mol. The molecule has 94 valence electrons. The minimum Gasteiger partial charge on any atom is -0.387 e. The van der Waals surface area contributed by atoms with Gasteiger partial charge in [-0.25, -0.2) is 0 Å². The highest BCUT2D eigenvalue weighted by Gasteiger charge is 2.11. The Kier molecular flexibility index (Phi) is 5.25. The Labute approximate surface area is 112 Å². The largest absolute Gasteiger partial charge is 0.387 e. The molecular weight excluding hydrogens is 257 g/mol. The number of benzene rings is 1. The second kappa shape index (κ2) is 6.24. The highest BCUT2D eigenvalue weighted by molar-refractivity contribution is 6.33. The highest BCUT2D eigenvalue weighted by Crippen LogP contribution is 2.21. The predicted octanol–water partition coefficient (Wildman–Crippen LogP) is 3.00. The topological polar surface area (TPSA) is 53.1 Å². The summed E-state index contributed by atoms with van der Waals surface area (Å²) in [5.74, 6) is 0.243. The molecule has 1 aromatic rings. The lowest BCUT2D eigenvalue weighted by Crippen LogP contribution is -2.31. The maximum atomic E-state index is 7.35. The molecule has 1 unspecified atom stereocenters. The molecular formula is C12H17Cl2N3. The highest BCUT2D eigenvalue weighted by atomic mass is 35.5. The van der Waals surface area contributed by atoms with E-state index in [4.69, 9.17) is 34.3 Å². The molecule has 0 saturated carbocycles. The molecule has 0 heterocycles. The van der Waals surface area contributed by atoms with Crippen LogP contribution in [0.15, 0.2) is 18.2 Å². The van der Waals surface area contributed by atoms with Crippen LogP contribution in [0.3, 0.4) is 0 Å². The summed E-state index contributed by atoms with van der Waals surface area (Å²) in [6.45, 7) is 3.34. The van der Waals surface area contributed by atoms with Crippen LogP contribution in [0.5, 0.6) is 0 Å². The van der Waals surface area contributed by atoms with E-state index < -0.39 is 0 Å². The average Bonchev–Trinajstić information content (AvgIpc) is 2.23. The van der Waals surface area contributed by atoms with Crippen LogP contribution in [0.4, 0.5) is 0 Å². The number of amidine groups is 1. The molecule has 3 nitrogen and oxygen atoms in total. The Bertz CT molecular complexity index is 407. The summed E-state index contributed by atoms with van der Waals surface area (Å²) in [6.07, 6.45) is 0. The van der Waals surface area contributed by atoms with Crippen molar-refractivity contribution in [2.75, 3.05) is 13.6 Å². The fourth-order valence-corrected chi connectivity index (χ4v) is 1.96. The van der Waals surface area contributed by atoms with Crippen LogP contribution >= 0.6 is 23.2 Å². The van der Waals surface area contributed by atoms with Crippen molar-refractivity contribution in [1.82, 2.24) is 4.90 Å². The summed E-state index contributed by atoms with van der Waals surface area (Å²) in [6, 6.07) is 5.42. The van der Waals surface area contributed by atoms with Crippen molar-refractivity contribution in [2.45, 2.75) is 13.5 Å². The Balaban J connectivity index is 2.64. The van der Waals surface area contributed by atoms with E-state index >= 15 is 0 Å². The van der Waals surface area contributed by atoms with E-state index in [2.05, 4.69) is 4.90 Å². The van der Waals surface area contributed by atoms with Crippen LogP contribution in [0, 0.1) is 11.3 Å². The zero-order valence-electron chi connectivity index (χ0n) is 10.0. The van der Waals surface area contributed by atoms with Gasteiger partial charge in [0, 0.05) is 29.1 Å². The number of hydrogen-bond acceptors (Lipinski definition) is 2. The van der Waals surface area contributed by atoms with Crippen molar-refractivity contribution in [3.8, 4) is 0 Å². The molecule has 0 aliphatic heterocycles. The van der Waals surface area contributed by atoms with Gasteiger partial charge in [-0.15, -0.1) is 0 Å². The Morgan fingerprint density at radius 1 is 1.47 bits per heavy atom. The smallest absolute Gasteiger partial charge is 0.0947 e. The number of nitrogens with one attached hydrogen (secondary N) is 1. The van der Waals surface area contributed by atoms with Gasteiger partial charge in [0.25, 0.3) is 0 Å². The monoisotopic (exact) mass is 273 g/mol. The third-order valence-corrected chi connectivity index (χ3v) is 3.17. The Hall–Kier alpha value is -0.770. The molecule has 1 aromatic carbocycles. The number of nitrogens with two attached hydrogens (primary N) is 1. The van der Waals surface area contributed by atoms with E-state index in [-0.39, 0.29) is 11.8 Å². The van der Waals surface area contributed by atoms with Crippen molar-refractivity contribution < 1.29 is 0 Å². The van der Waals surface area contributed by atoms with Crippen LogP contribution in [0.25, 0.3) is 0 Å². The maximum absolute atomic E-state index is 7.35. The van der Waals surface area contributed by atoms with Crippen molar-refractivity contribution in [1.29, 1.82) is 5.41 Å². The lowest BCUT2D eigenvalue weighted by molar-refractivity contribution is 0.306. The van der Waals surface area contributed by atoms with Gasteiger partial charge in [0.1, 0.15) is 0 Å². The summed E-state index contributed by atoms with van der Waals surface area (Å²) < 4.78 is 0. The quantitative estimate of drug-likeness (QED) is 0.640. The molecule has 5 heteroatoms. The zero-order chi connectivity index (χ0) is 13.0. The lowest BCUT2D eigenvalue weighted by Gasteiger charge is -2.21. The fourth-order valence-electron chi connectivity index (χ4n) is 1.59. The summed E-state index contributed by atoms with van der Waals surface area (Å²) in [5.41, 5.74) is 6.42. The van der Waals surface area contributed by atoms with Gasteiger partial charge in [0.15, 0.2) is 0 Å². The summed E-state index contributed by atoms with van der Waals surface area (Å²) >= 11 is 12.0. The van der Waals surface area contributed by atoms with Gasteiger partial charge in [-0.2, -0.15) is 0 Å². The van der Waals surface area contributed by atoms with Gasteiger partial charge in [-0.3, -0.25) is 5.41 Å². The number of halogens is 2. The normalized spacial score (nSPS) is 12.8. The van der Waals surface area contributed by atoms with E-state index in [1.165, 1.54) is 0 Å². The third kappa shape index (κ3) is 4.54. The summed E-state index contributed by atoms with van der Waals surface area (Å²) in [5, 5.41) is 8.74. The molecule has 0 saturated heterocycles. The van der Waals surface area contributed by atoms with Gasteiger partial charge < -0.3 is 10.6 Å². The van der Waals surface area contributed by atoms with Crippen molar-refractivity contribution in [3.05, 3.63) is 33.8 Å². The molecule has 0 fully saturated rings. The number of nitrogens with zero attached hydrogens (tertiary/aromatic N) is 1. The van der Waals surface area contributed by atoms with E-state index in [9.17, 15) is 0 Å². The molecule has 0 radical (unpaired) electrons. The standard InChI is InChI=1S/C12H17Cl2N3/c1-8(12(15)16)6-17(2)7-9-5-10(13)3-4-11(9)14/h3-5,8H,6-7H2,1-2H3,(H3,15,16). The molecule has 3 N–H and O–H groups in total. The molecule has 1 atom stereocenters. The SMILES string of the molecule is CC(CN(C)Cc1cc(Cl)ccc1Cl)C(=N)N. The van der Waals surface area contributed by atoms with Gasteiger partial charge in [0.2, 0.25) is 0 Å². The first kappa shape index (κ1) is 14.3. The van der Waals surface area contributed by atoms with Crippen LogP contribution in [-0.4, -0.2) is 24.3 Å². The molecule has 0 amide bonds. The maximum Gasteiger partial charge on any atom is 0.0947 e. The minimum absolute atomic E-state index is 0.0398. The third-order valence-electron chi connectivity index (χ3n) is 2.56. The number of rotatable bonds is 5. The second-order valence-corrected chi connectivity index (χ2v) is 5.13. The van der Waals surface area contributed by atoms with Crippen LogP contribution in [0.2, 0.25) is 10.0 Å². The zero-order valence-corrected chi connectivity index (χ0v) is 11.5. The molecule has 17 heavy (non-hydrogen) atoms. The summed E-state index contributed by atoms with van der Waals surface area (Å²) in [7, 11) is 1.97. The van der Waals surface area contributed by atoms with E-state index in [1.54, 1.807) is 12.1 Å². The second-order valence-electron chi connectivity index (χ2n) is 4.29. The van der Waals surface area contributed by atoms with Crippen molar-refractivity contribution >= 4 is 29.0 Å². The first-order valence-electron chi connectivity index (χ1n) is 5.36. The van der Waals surface area contributed by atoms with Gasteiger partial charge >= 0.3 is 0 Å². The summed E-state index contributed by atoms with van der Waals surface area (Å²) in [4.78, 5) is 2.07. The first-order chi connectivity index (χ1) is 7.90. The van der Waals surface area contributed by atoms with Gasteiger partial charge in [0.05, 0.1) is 5.84 Å². The Morgan fingerprint density at radius 2 is 2.12 bits per heavy atom. The van der Waals surface area contributed by atoms with E-state index in [0.29, 0.717) is 16.6 Å². The molecule has 0 aliphatic carbocycles. The van der Waals surface area contributed by atoms with Crippen molar-refractivity contribution in [3.63, 3.8) is 0 Å². The van der Waals surface area contributed by atoms with Crippen LogP contribution < -0.4 is 5.73 Å². The van der Waals surface area contributed by atoms with Crippen LogP contribution in [-0.2, 0) is 6.54 Å². The fraction of sp³-hybridized carbons (Fsp3) is 0.417. The Morgan fingerprint density at radius 3 is 2.71 bits per heavy atom. The lowest BCUT2D eigenvalue weighted by atomic mass is 10.1. The molecule has 0 aliphatic rings. The van der Waals surface area contributed by atoms with E-state index in [1.807, 2.05) is 20.0 Å². The van der Waals surface area contributed by atoms with E-state index in [0.717, 1.165) is 12.1 Å². The van der Waals surface area contributed by atoms with Gasteiger partial charge in [-0.05, 0) is 30.8 Å². The number of hydrogen-bond donors (Lipinski definition) is 2. The minimum atomic E-state index is 0.0398. The van der Waals surface area contributed by atoms with Crippen molar-refractivity contribution in [2.24, 2.45) is 11.7 Å². The first-order valence-corrected chi connectivity index (χ1v) is 6.12. The molecule has 0 bridgehead atoms. The molecule has 0 spiro atoms. The molecule has 0 aromatic heterocycles. The average molecular weight is 274 g/mol. The van der Waals surface area contributed by atoms with Gasteiger partial charge in [-0.1, -0.05) is 30.1 Å². The van der Waals surface area contributed by atoms with Crippen LogP contribution in [0.1, 0.15) is 12.5 Å².